The smallest absolute Gasteiger partial charge is 0.178 e. The van der Waals surface area contributed by atoms with Crippen LogP contribution in [0.4, 0.5) is 0 Å². The average molecular weight is 279 g/mol. The zero-order valence-electron chi connectivity index (χ0n) is 11.3. The van der Waals surface area contributed by atoms with E-state index in [1.165, 1.54) is 25.7 Å². The summed E-state index contributed by atoms with van der Waals surface area (Å²) in [5.74, 6) is 0.694. The van der Waals surface area contributed by atoms with Crippen LogP contribution in [0.1, 0.15) is 44.2 Å². The van der Waals surface area contributed by atoms with Crippen molar-refractivity contribution in [2.45, 2.75) is 43.5 Å². The Labute approximate surface area is 115 Å². The zero-order chi connectivity index (χ0) is 13.7. The normalized spacial score (nSPS) is 25.9. The average Bonchev–Trinajstić information content (AvgIpc) is 3.14. The maximum Gasteiger partial charge on any atom is 0.178 e. The topological polar surface area (TPSA) is 60.2 Å². The fourth-order valence-electron chi connectivity index (χ4n) is 3.41. The lowest BCUT2D eigenvalue weighted by atomic mass is 9.78. The van der Waals surface area contributed by atoms with Gasteiger partial charge in [-0.3, -0.25) is 0 Å². The highest BCUT2D eigenvalue weighted by atomic mass is 32.2. The Bertz CT molecular complexity index is 590. The van der Waals surface area contributed by atoms with Gasteiger partial charge in [-0.15, -0.1) is 0 Å². The third-order valence-corrected chi connectivity index (χ3v) is 6.75. The molecular formula is C15H21NO2S. The monoisotopic (exact) mass is 279 g/mol. The van der Waals surface area contributed by atoms with Crippen molar-refractivity contribution >= 4 is 9.84 Å². The van der Waals surface area contributed by atoms with Gasteiger partial charge in [-0.25, -0.2) is 8.42 Å². The summed E-state index contributed by atoms with van der Waals surface area (Å²) >= 11 is 0. The Morgan fingerprint density at radius 1 is 1.42 bits per heavy atom. The Morgan fingerprint density at radius 2 is 2.16 bits per heavy atom. The van der Waals surface area contributed by atoms with Gasteiger partial charge < -0.3 is 5.73 Å². The number of sulfone groups is 1. The van der Waals surface area contributed by atoms with E-state index >= 15 is 0 Å². The molecule has 0 aromatic heterocycles. The first-order chi connectivity index (χ1) is 8.98. The van der Waals surface area contributed by atoms with Crippen LogP contribution in [0.15, 0.2) is 29.2 Å². The summed E-state index contributed by atoms with van der Waals surface area (Å²) in [5.41, 5.74) is 7.83. The molecule has 0 amide bonds. The minimum atomic E-state index is -3.14. The largest absolute Gasteiger partial charge is 0.324 e. The molecular weight excluding hydrogens is 258 g/mol. The van der Waals surface area contributed by atoms with E-state index in [-0.39, 0.29) is 11.8 Å². The van der Waals surface area contributed by atoms with Crippen LogP contribution >= 0.6 is 0 Å². The molecule has 2 aliphatic rings. The number of hydrogen-bond acceptors (Lipinski definition) is 3. The first-order valence-corrected chi connectivity index (χ1v) is 8.72. The van der Waals surface area contributed by atoms with E-state index < -0.39 is 9.84 Å². The molecule has 2 fully saturated rings. The van der Waals surface area contributed by atoms with Gasteiger partial charge in [0.25, 0.3) is 0 Å². The van der Waals surface area contributed by atoms with E-state index in [0.717, 1.165) is 5.56 Å². The summed E-state index contributed by atoms with van der Waals surface area (Å²) in [7, 11) is -3.14. The van der Waals surface area contributed by atoms with E-state index in [0.29, 0.717) is 16.2 Å². The summed E-state index contributed by atoms with van der Waals surface area (Å²) in [5, 5.41) is 0. The van der Waals surface area contributed by atoms with Crippen molar-refractivity contribution in [1.29, 1.82) is 0 Å². The number of benzene rings is 1. The van der Waals surface area contributed by atoms with Gasteiger partial charge >= 0.3 is 0 Å². The van der Waals surface area contributed by atoms with Crippen LogP contribution in [0.25, 0.3) is 0 Å². The Morgan fingerprint density at radius 3 is 2.68 bits per heavy atom. The van der Waals surface area contributed by atoms with Crippen molar-refractivity contribution in [2.24, 2.45) is 17.1 Å². The predicted octanol–water partition coefficient (Wildman–Crippen LogP) is 2.67. The molecule has 2 N–H and O–H groups in total. The summed E-state index contributed by atoms with van der Waals surface area (Å²) in [6.45, 7) is 1.67. The molecule has 3 nitrogen and oxygen atoms in total. The van der Waals surface area contributed by atoms with Crippen molar-refractivity contribution in [3.63, 3.8) is 0 Å². The van der Waals surface area contributed by atoms with Gasteiger partial charge in [0.2, 0.25) is 0 Å². The lowest BCUT2D eigenvalue weighted by Crippen LogP contribution is -2.22. The van der Waals surface area contributed by atoms with Crippen LogP contribution in [-0.4, -0.2) is 14.2 Å². The van der Waals surface area contributed by atoms with E-state index in [4.69, 9.17) is 5.73 Å². The molecule has 0 aliphatic heterocycles. The molecule has 0 bridgehead atoms. The first-order valence-electron chi connectivity index (χ1n) is 7.07. The number of nitrogens with two attached hydrogens (primary N) is 1. The van der Waals surface area contributed by atoms with Crippen molar-refractivity contribution < 1.29 is 8.42 Å². The van der Waals surface area contributed by atoms with Gasteiger partial charge in [0.1, 0.15) is 0 Å². The van der Waals surface area contributed by atoms with E-state index in [2.05, 4.69) is 0 Å². The van der Waals surface area contributed by atoms with Gasteiger partial charge in [-0.1, -0.05) is 25.5 Å². The van der Waals surface area contributed by atoms with Crippen molar-refractivity contribution in [3.8, 4) is 0 Å². The number of rotatable bonds is 4. The third kappa shape index (κ3) is 2.11. The molecule has 3 rings (SSSR count). The van der Waals surface area contributed by atoms with Crippen molar-refractivity contribution in [1.82, 2.24) is 0 Å². The van der Waals surface area contributed by atoms with Crippen LogP contribution in [-0.2, 0) is 9.84 Å². The van der Waals surface area contributed by atoms with Crippen LogP contribution in [0, 0.1) is 11.3 Å². The Kier molecular flexibility index (Phi) is 2.98. The summed E-state index contributed by atoms with van der Waals surface area (Å²) in [6.07, 6.45) is 5.16. The maximum absolute atomic E-state index is 11.9. The molecule has 1 spiro atoms. The standard InChI is InChI=1S/C15H21NO2S/c1-2-19(17,18)12-6-3-5-11(9-12)14(16)13-10-15(13)7-4-8-15/h3,5-6,9,13-14H,2,4,7-8,10,16H2,1H3/t13-,14?/m1/s1. The minimum absolute atomic E-state index is 0.00712. The molecule has 19 heavy (non-hydrogen) atoms. The third-order valence-electron chi connectivity index (χ3n) is 5.02. The number of hydrogen-bond donors (Lipinski definition) is 1. The summed E-state index contributed by atoms with van der Waals surface area (Å²) in [6, 6.07) is 7.21. The van der Waals surface area contributed by atoms with Gasteiger partial charge in [0, 0.05) is 6.04 Å². The molecule has 2 saturated carbocycles. The lowest BCUT2D eigenvalue weighted by Gasteiger charge is -2.28. The second-order valence-electron chi connectivity index (χ2n) is 6.03. The molecule has 2 atom stereocenters. The van der Waals surface area contributed by atoms with Crippen LogP contribution in [0.3, 0.4) is 0 Å². The molecule has 0 heterocycles. The second kappa shape index (κ2) is 4.32. The fourth-order valence-corrected chi connectivity index (χ4v) is 4.34. The highest BCUT2D eigenvalue weighted by Gasteiger charge is 2.59. The van der Waals surface area contributed by atoms with E-state index in [1.807, 2.05) is 12.1 Å². The van der Waals surface area contributed by atoms with Gasteiger partial charge in [0.15, 0.2) is 9.84 Å². The fraction of sp³-hybridized carbons (Fsp3) is 0.600. The molecule has 1 aromatic rings. The van der Waals surface area contributed by atoms with Crippen molar-refractivity contribution in [2.75, 3.05) is 5.75 Å². The van der Waals surface area contributed by atoms with Crippen LogP contribution in [0.2, 0.25) is 0 Å². The van der Waals surface area contributed by atoms with Crippen LogP contribution in [0.5, 0.6) is 0 Å². The minimum Gasteiger partial charge on any atom is -0.324 e. The highest BCUT2D eigenvalue weighted by Crippen LogP contribution is 2.68. The lowest BCUT2D eigenvalue weighted by molar-refractivity contribution is 0.246. The highest BCUT2D eigenvalue weighted by molar-refractivity contribution is 7.91. The van der Waals surface area contributed by atoms with Crippen molar-refractivity contribution in [3.05, 3.63) is 29.8 Å². The van der Waals surface area contributed by atoms with Gasteiger partial charge in [-0.05, 0) is 48.3 Å². The zero-order valence-corrected chi connectivity index (χ0v) is 12.1. The molecule has 0 radical (unpaired) electrons. The summed E-state index contributed by atoms with van der Waals surface area (Å²) in [4.78, 5) is 0.409. The molecule has 1 unspecified atom stereocenters. The SMILES string of the molecule is CCS(=O)(=O)c1cccc(C(N)[C@H]2CC23CCC3)c1. The molecule has 0 saturated heterocycles. The second-order valence-corrected chi connectivity index (χ2v) is 8.31. The predicted molar refractivity (Wildman–Crippen MR) is 75.5 cm³/mol. The molecule has 4 heteroatoms. The maximum atomic E-state index is 11.9. The summed E-state index contributed by atoms with van der Waals surface area (Å²) < 4.78 is 23.8. The Hall–Kier alpha value is -0.870. The molecule has 104 valence electrons. The molecule has 1 aromatic carbocycles. The van der Waals surface area contributed by atoms with Gasteiger partial charge in [-0.2, -0.15) is 0 Å². The van der Waals surface area contributed by atoms with Crippen LogP contribution < -0.4 is 5.73 Å². The quantitative estimate of drug-likeness (QED) is 0.921. The van der Waals surface area contributed by atoms with E-state index in [1.54, 1.807) is 19.1 Å². The molecule has 2 aliphatic carbocycles. The van der Waals surface area contributed by atoms with Gasteiger partial charge in [0.05, 0.1) is 10.6 Å². The van der Waals surface area contributed by atoms with E-state index in [9.17, 15) is 8.42 Å². The Balaban J connectivity index is 1.84. The first kappa shape index (κ1) is 13.1.